The summed E-state index contributed by atoms with van der Waals surface area (Å²) in [6.45, 7) is 3.93. The Hall–Kier alpha value is -3.61. The van der Waals surface area contributed by atoms with Gasteiger partial charge in [0.25, 0.3) is 0 Å². The number of aromatic carboxylic acids is 1. The van der Waals surface area contributed by atoms with Gasteiger partial charge in [-0.05, 0) is 56.3 Å². The lowest BCUT2D eigenvalue weighted by atomic mass is 10.2. The third kappa shape index (κ3) is 4.94. The van der Waals surface area contributed by atoms with Crippen LogP contribution >= 0.6 is 0 Å². The van der Waals surface area contributed by atoms with Crippen molar-refractivity contribution in [3.8, 4) is 5.75 Å². The van der Waals surface area contributed by atoms with Gasteiger partial charge >= 0.3 is 5.97 Å². The number of nitrogens with one attached hydrogen (secondary N) is 2. The molecule has 0 aliphatic rings. The lowest BCUT2D eigenvalue weighted by Gasteiger charge is -2.15. The van der Waals surface area contributed by atoms with Gasteiger partial charge in [-0.25, -0.2) is 9.78 Å². The van der Waals surface area contributed by atoms with Crippen LogP contribution in [0, 0.1) is 0 Å². The van der Waals surface area contributed by atoms with Gasteiger partial charge in [-0.2, -0.15) is 4.98 Å². The molecule has 0 radical (unpaired) electrons. The van der Waals surface area contributed by atoms with Gasteiger partial charge in [-0.1, -0.05) is 12.1 Å². The summed E-state index contributed by atoms with van der Waals surface area (Å²) in [4.78, 5) is 19.6. The first kappa shape index (κ1) is 18.2. The largest absolute Gasteiger partial charge is 0.489 e. The molecular formula is C20H20N4O3. The third-order valence-electron chi connectivity index (χ3n) is 3.56. The van der Waals surface area contributed by atoms with E-state index in [9.17, 15) is 4.79 Å². The second-order valence-electron chi connectivity index (χ2n) is 6.06. The summed E-state index contributed by atoms with van der Waals surface area (Å²) < 4.78 is 5.79. The normalized spacial score (nSPS) is 10.5. The maximum Gasteiger partial charge on any atom is 0.335 e. The number of hydrogen-bond acceptors (Lipinski definition) is 6. The Morgan fingerprint density at radius 1 is 1.04 bits per heavy atom. The van der Waals surface area contributed by atoms with E-state index < -0.39 is 5.97 Å². The molecule has 1 aromatic heterocycles. The zero-order chi connectivity index (χ0) is 19.2. The average Bonchev–Trinajstić information content (AvgIpc) is 2.64. The fourth-order valence-corrected chi connectivity index (χ4v) is 2.38. The first-order chi connectivity index (χ1) is 13.0. The van der Waals surface area contributed by atoms with Crippen LogP contribution in [0.25, 0.3) is 0 Å². The summed E-state index contributed by atoms with van der Waals surface area (Å²) >= 11 is 0. The fraction of sp³-hybridized carbons (Fsp3) is 0.150. The molecule has 1 heterocycles. The predicted octanol–water partition coefficient (Wildman–Crippen LogP) is 4.45. The van der Waals surface area contributed by atoms with E-state index in [1.165, 1.54) is 12.1 Å². The molecule has 0 saturated heterocycles. The topological polar surface area (TPSA) is 96.4 Å². The van der Waals surface area contributed by atoms with Crippen molar-refractivity contribution in [1.29, 1.82) is 0 Å². The molecular weight excluding hydrogens is 344 g/mol. The Bertz CT molecular complexity index is 927. The van der Waals surface area contributed by atoms with E-state index >= 15 is 0 Å². The van der Waals surface area contributed by atoms with E-state index in [2.05, 4.69) is 20.6 Å². The first-order valence-corrected chi connectivity index (χ1v) is 8.47. The highest BCUT2D eigenvalue weighted by Crippen LogP contribution is 2.27. The van der Waals surface area contributed by atoms with Crippen LogP contribution in [0.3, 0.4) is 0 Å². The van der Waals surface area contributed by atoms with Gasteiger partial charge in [-0.3, -0.25) is 0 Å². The average molecular weight is 364 g/mol. The summed E-state index contributed by atoms with van der Waals surface area (Å²) in [5, 5.41) is 15.3. The number of carbonyl (C=O) groups is 1. The van der Waals surface area contributed by atoms with Gasteiger partial charge < -0.3 is 20.5 Å². The number of benzene rings is 2. The second-order valence-corrected chi connectivity index (χ2v) is 6.06. The van der Waals surface area contributed by atoms with Gasteiger partial charge in [0.05, 0.1) is 17.4 Å². The van der Waals surface area contributed by atoms with Crippen LogP contribution in [0.4, 0.5) is 23.1 Å². The van der Waals surface area contributed by atoms with Crippen LogP contribution < -0.4 is 15.4 Å². The van der Waals surface area contributed by atoms with Crippen molar-refractivity contribution in [2.24, 2.45) is 0 Å². The number of carboxylic acids is 1. The monoisotopic (exact) mass is 364 g/mol. The molecule has 0 spiro atoms. The number of hydrogen-bond donors (Lipinski definition) is 3. The minimum Gasteiger partial charge on any atom is -0.489 e. The fourth-order valence-electron chi connectivity index (χ4n) is 2.38. The maximum atomic E-state index is 10.9. The van der Waals surface area contributed by atoms with Gasteiger partial charge in [0.2, 0.25) is 5.95 Å². The minimum atomic E-state index is -0.961. The molecule has 27 heavy (non-hydrogen) atoms. The molecule has 3 aromatic rings. The van der Waals surface area contributed by atoms with Crippen molar-refractivity contribution in [2.75, 3.05) is 10.6 Å². The Morgan fingerprint density at radius 3 is 2.48 bits per heavy atom. The van der Waals surface area contributed by atoms with Crippen molar-refractivity contribution in [3.05, 3.63) is 66.4 Å². The third-order valence-corrected chi connectivity index (χ3v) is 3.56. The van der Waals surface area contributed by atoms with Crippen LogP contribution in [0.5, 0.6) is 5.75 Å². The number of para-hydroxylation sites is 2. The van der Waals surface area contributed by atoms with Crippen LogP contribution in [0.2, 0.25) is 0 Å². The predicted molar refractivity (Wildman–Crippen MR) is 104 cm³/mol. The Balaban J connectivity index is 1.75. The quantitative estimate of drug-likeness (QED) is 0.570. The molecule has 0 saturated carbocycles. The standard InChI is InChI=1S/C20H20N4O3/c1-13(2)27-17-6-4-3-5-16(17)23-20-21-12-11-18(24-20)22-15-9-7-14(8-10-15)19(25)26/h3-13H,1-2H3,(H,25,26)(H2,21,22,23,24). The van der Waals surface area contributed by atoms with Crippen molar-refractivity contribution in [1.82, 2.24) is 9.97 Å². The zero-order valence-corrected chi connectivity index (χ0v) is 15.0. The van der Waals surface area contributed by atoms with Crippen molar-refractivity contribution in [2.45, 2.75) is 20.0 Å². The van der Waals surface area contributed by atoms with Crippen LogP contribution in [-0.2, 0) is 0 Å². The highest BCUT2D eigenvalue weighted by molar-refractivity contribution is 5.88. The molecule has 0 unspecified atom stereocenters. The highest BCUT2D eigenvalue weighted by Gasteiger charge is 2.08. The summed E-state index contributed by atoms with van der Waals surface area (Å²) in [6.07, 6.45) is 1.69. The molecule has 7 nitrogen and oxygen atoms in total. The molecule has 3 N–H and O–H groups in total. The Morgan fingerprint density at radius 2 is 1.78 bits per heavy atom. The van der Waals surface area contributed by atoms with Crippen LogP contribution in [0.1, 0.15) is 24.2 Å². The number of anilines is 4. The van der Waals surface area contributed by atoms with Crippen LogP contribution in [0.15, 0.2) is 60.8 Å². The molecule has 0 atom stereocenters. The molecule has 0 aliphatic heterocycles. The lowest BCUT2D eigenvalue weighted by molar-refractivity contribution is 0.0697. The second kappa shape index (κ2) is 8.18. The van der Waals surface area contributed by atoms with Gasteiger partial charge in [-0.15, -0.1) is 0 Å². The van der Waals surface area contributed by atoms with E-state index in [1.807, 2.05) is 38.1 Å². The summed E-state index contributed by atoms with van der Waals surface area (Å²) in [5.41, 5.74) is 1.73. The van der Waals surface area contributed by atoms with Gasteiger partial charge in [0, 0.05) is 11.9 Å². The Kier molecular flexibility index (Phi) is 5.51. The van der Waals surface area contributed by atoms with E-state index in [-0.39, 0.29) is 11.7 Å². The van der Waals surface area contributed by atoms with E-state index in [0.717, 1.165) is 17.1 Å². The lowest BCUT2D eigenvalue weighted by Crippen LogP contribution is -2.08. The van der Waals surface area contributed by atoms with Gasteiger partial charge in [0.1, 0.15) is 11.6 Å². The first-order valence-electron chi connectivity index (χ1n) is 8.47. The molecule has 0 aliphatic carbocycles. The van der Waals surface area contributed by atoms with Crippen molar-refractivity contribution >= 4 is 29.1 Å². The van der Waals surface area contributed by atoms with Crippen LogP contribution in [-0.4, -0.2) is 27.1 Å². The number of ether oxygens (including phenoxy) is 1. The molecule has 0 amide bonds. The molecule has 0 bridgehead atoms. The van der Waals surface area contributed by atoms with E-state index in [0.29, 0.717) is 11.8 Å². The number of rotatable bonds is 7. The number of carboxylic acid groups (broad SMARTS) is 1. The summed E-state index contributed by atoms with van der Waals surface area (Å²) in [6, 6.07) is 15.8. The van der Waals surface area contributed by atoms with E-state index in [4.69, 9.17) is 9.84 Å². The SMILES string of the molecule is CC(C)Oc1ccccc1Nc1nccc(Nc2ccc(C(=O)O)cc2)n1. The highest BCUT2D eigenvalue weighted by atomic mass is 16.5. The summed E-state index contributed by atoms with van der Waals surface area (Å²) in [5.74, 6) is 0.760. The van der Waals surface area contributed by atoms with Gasteiger partial charge in [0.15, 0.2) is 0 Å². The summed E-state index contributed by atoms with van der Waals surface area (Å²) in [7, 11) is 0. The number of nitrogens with zero attached hydrogens (tertiary/aromatic N) is 2. The number of aromatic nitrogens is 2. The molecule has 3 rings (SSSR count). The molecule has 2 aromatic carbocycles. The van der Waals surface area contributed by atoms with Crippen molar-refractivity contribution in [3.63, 3.8) is 0 Å². The minimum absolute atomic E-state index is 0.0515. The Labute approximate surface area is 157 Å². The van der Waals surface area contributed by atoms with E-state index in [1.54, 1.807) is 24.4 Å². The maximum absolute atomic E-state index is 10.9. The molecule has 0 fully saturated rings. The molecule has 7 heteroatoms. The molecule has 138 valence electrons. The smallest absolute Gasteiger partial charge is 0.335 e. The zero-order valence-electron chi connectivity index (χ0n) is 15.0. The van der Waals surface area contributed by atoms with Crippen molar-refractivity contribution < 1.29 is 14.6 Å².